The van der Waals surface area contributed by atoms with E-state index in [1.165, 1.54) is 44.9 Å². The maximum absolute atomic E-state index is 6.38. The molecular formula is C15H28ClNO2. The predicted molar refractivity (Wildman–Crippen MR) is 79.0 cm³/mol. The third kappa shape index (κ3) is 4.89. The summed E-state index contributed by atoms with van der Waals surface area (Å²) in [5, 5.41) is 0. The molecule has 1 saturated heterocycles. The van der Waals surface area contributed by atoms with Gasteiger partial charge in [-0.05, 0) is 32.7 Å². The van der Waals surface area contributed by atoms with Crippen LogP contribution in [0.15, 0.2) is 0 Å². The molecule has 1 atom stereocenters. The van der Waals surface area contributed by atoms with E-state index in [1.54, 1.807) is 0 Å². The van der Waals surface area contributed by atoms with Crippen LogP contribution in [0.1, 0.15) is 44.9 Å². The van der Waals surface area contributed by atoms with Crippen LogP contribution in [0.3, 0.4) is 0 Å². The lowest BCUT2D eigenvalue weighted by Crippen LogP contribution is -2.36. The topological polar surface area (TPSA) is 21.7 Å². The van der Waals surface area contributed by atoms with Crippen LogP contribution in [0, 0.1) is 0 Å². The molecule has 112 valence electrons. The molecule has 1 saturated carbocycles. The van der Waals surface area contributed by atoms with Crippen molar-refractivity contribution in [1.82, 2.24) is 4.90 Å². The van der Waals surface area contributed by atoms with Crippen LogP contribution in [0.4, 0.5) is 0 Å². The van der Waals surface area contributed by atoms with Crippen molar-refractivity contribution >= 4 is 11.6 Å². The van der Waals surface area contributed by atoms with Gasteiger partial charge in [-0.2, -0.15) is 0 Å². The minimum absolute atomic E-state index is 0.249. The van der Waals surface area contributed by atoms with Crippen LogP contribution in [0.2, 0.25) is 0 Å². The first-order valence-electron chi connectivity index (χ1n) is 7.74. The average Bonchev–Trinajstić information content (AvgIpc) is 2.78. The van der Waals surface area contributed by atoms with E-state index in [9.17, 15) is 0 Å². The maximum Gasteiger partial charge on any atom is 0.0710 e. The van der Waals surface area contributed by atoms with Gasteiger partial charge in [0.05, 0.1) is 24.9 Å². The lowest BCUT2D eigenvalue weighted by molar-refractivity contribution is -0.0710. The molecule has 0 amide bonds. The van der Waals surface area contributed by atoms with E-state index in [4.69, 9.17) is 21.1 Å². The van der Waals surface area contributed by atoms with E-state index >= 15 is 0 Å². The van der Waals surface area contributed by atoms with Gasteiger partial charge >= 0.3 is 0 Å². The summed E-state index contributed by atoms with van der Waals surface area (Å²) in [6.45, 7) is 3.41. The molecule has 0 N–H and O–H groups in total. The Labute approximate surface area is 122 Å². The molecule has 2 aliphatic rings. The van der Waals surface area contributed by atoms with Crippen LogP contribution in [-0.2, 0) is 9.47 Å². The highest BCUT2D eigenvalue weighted by atomic mass is 35.5. The fourth-order valence-electron chi connectivity index (χ4n) is 3.40. The monoisotopic (exact) mass is 289 g/mol. The first kappa shape index (κ1) is 15.6. The van der Waals surface area contributed by atoms with Gasteiger partial charge in [-0.3, -0.25) is 0 Å². The van der Waals surface area contributed by atoms with Gasteiger partial charge in [0.1, 0.15) is 0 Å². The zero-order valence-electron chi connectivity index (χ0n) is 12.2. The van der Waals surface area contributed by atoms with Crippen LogP contribution >= 0.6 is 11.6 Å². The number of halogens is 1. The molecule has 0 aromatic heterocycles. The summed E-state index contributed by atoms with van der Waals surface area (Å²) in [5.74, 6) is 0.581. The third-order valence-electron chi connectivity index (χ3n) is 4.46. The van der Waals surface area contributed by atoms with Crippen molar-refractivity contribution in [3.8, 4) is 0 Å². The largest absolute Gasteiger partial charge is 0.379 e. The van der Waals surface area contributed by atoms with Crippen molar-refractivity contribution < 1.29 is 9.47 Å². The molecule has 0 aromatic carbocycles. The van der Waals surface area contributed by atoms with Gasteiger partial charge in [0, 0.05) is 19.0 Å². The zero-order chi connectivity index (χ0) is 13.6. The third-order valence-corrected chi connectivity index (χ3v) is 4.61. The molecule has 4 heteroatoms. The Morgan fingerprint density at radius 1 is 1.21 bits per heavy atom. The summed E-state index contributed by atoms with van der Waals surface area (Å²) in [5.41, 5.74) is 0.249. The van der Waals surface area contributed by atoms with Gasteiger partial charge in [0.25, 0.3) is 0 Å². The lowest BCUT2D eigenvalue weighted by Gasteiger charge is -2.34. The van der Waals surface area contributed by atoms with Gasteiger partial charge in [0.15, 0.2) is 0 Å². The van der Waals surface area contributed by atoms with E-state index in [-0.39, 0.29) is 5.60 Å². The fourth-order valence-corrected chi connectivity index (χ4v) is 3.51. The van der Waals surface area contributed by atoms with Crippen LogP contribution < -0.4 is 0 Å². The Bertz CT molecular complexity index is 257. The molecule has 1 unspecified atom stereocenters. The Kier molecular flexibility index (Phi) is 6.40. The highest BCUT2D eigenvalue weighted by Crippen LogP contribution is 2.41. The van der Waals surface area contributed by atoms with Crippen LogP contribution in [0.25, 0.3) is 0 Å². The molecule has 1 aliphatic heterocycles. The van der Waals surface area contributed by atoms with Gasteiger partial charge in [0.2, 0.25) is 0 Å². The van der Waals surface area contributed by atoms with Crippen molar-refractivity contribution in [3.63, 3.8) is 0 Å². The summed E-state index contributed by atoms with van der Waals surface area (Å²) in [6, 6.07) is 0. The van der Waals surface area contributed by atoms with Gasteiger partial charge in [-0.25, -0.2) is 0 Å². The van der Waals surface area contributed by atoms with E-state index in [1.807, 2.05) is 0 Å². The summed E-state index contributed by atoms with van der Waals surface area (Å²) >= 11 is 5.58. The number of nitrogens with zero attached hydrogens (tertiary/aromatic N) is 1. The predicted octanol–water partition coefficient (Wildman–Crippen LogP) is 3.06. The Balaban J connectivity index is 1.63. The van der Waals surface area contributed by atoms with E-state index in [2.05, 4.69) is 11.9 Å². The number of alkyl halides is 1. The smallest absolute Gasteiger partial charge is 0.0710 e. The van der Waals surface area contributed by atoms with Crippen molar-refractivity contribution in [2.45, 2.75) is 56.7 Å². The second kappa shape index (κ2) is 7.82. The number of hydrogen-bond donors (Lipinski definition) is 0. The summed E-state index contributed by atoms with van der Waals surface area (Å²) in [4.78, 5) is 2.32. The molecule has 1 aliphatic carbocycles. The summed E-state index contributed by atoms with van der Waals surface area (Å²) in [6.07, 6.45) is 9.60. The summed E-state index contributed by atoms with van der Waals surface area (Å²) < 4.78 is 11.8. The molecular weight excluding hydrogens is 262 g/mol. The van der Waals surface area contributed by atoms with E-state index in [0.29, 0.717) is 18.6 Å². The lowest BCUT2D eigenvalue weighted by atomic mass is 9.83. The number of rotatable bonds is 7. The van der Waals surface area contributed by atoms with E-state index < -0.39 is 0 Å². The summed E-state index contributed by atoms with van der Waals surface area (Å²) in [7, 11) is 2.15. The van der Waals surface area contributed by atoms with Crippen molar-refractivity contribution in [2.24, 2.45) is 0 Å². The van der Waals surface area contributed by atoms with Gasteiger partial charge < -0.3 is 14.4 Å². The normalized spacial score (nSPS) is 26.4. The SMILES string of the molecule is CN(CCOCCCl)CC1CCC2(CCCCC2)O1. The molecule has 19 heavy (non-hydrogen) atoms. The van der Waals surface area contributed by atoms with Gasteiger partial charge in [-0.1, -0.05) is 19.3 Å². The molecule has 1 heterocycles. The van der Waals surface area contributed by atoms with E-state index in [0.717, 1.165) is 19.7 Å². The minimum Gasteiger partial charge on any atom is -0.379 e. The van der Waals surface area contributed by atoms with Crippen molar-refractivity contribution in [2.75, 3.05) is 39.2 Å². The Morgan fingerprint density at radius 2 is 2.00 bits per heavy atom. The minimum atomic E-state index is 0.249. The number of hydrogen-bond acceptors (Lipinski definition) is 3. The Morgan fingerprint density at radius 3 is 2.74 bits per heavy atom. The number of ether oxygens (including phenoxy) is 2. The highest BCUT2D eigenvalue weighted by Gasteiger charge is 2.40. The molecule has 1 spiro atoms. The molecule has 0 bridgehead atoms. The fraction of sp³-hybridized carbons (Fsp3) is 1.00. The van der Waals surface area contributed by atoms with Crippen LogP contribution in [0.5, 0.6) is 0 Å². The first-order chi connectivity index (χ1) is 9.24. The molecule has 0 radical (unpaired) electrons. The second-order valence-corrected chi connectivity index (χ2v) is 6.46. The standard InChI is InChI=1S/C15H28ClNO2/c1-17(10-12-18-11-9-16)13-14-5-8-15(19-14)6-3-2-4-7-15/h14H,2-13H2,1H3. The quantitative estimate of drug-likeness (QED) is 0.531. The first-order valence-corrected chi connectivity index (χ1v) is 8.28. The zero-order valence-corrected chi connectivity index (χ0v) is 13.0. The van der Waals surface area contributed by atoms with Crippen molar-refractivity contribution in [3.05, 3.63) is 0 Å². The second-order valence-electron chi connectivity index (χ2n) is 6.09. The number of likely N-dealkylation sites (N-methyl/N-ethyl adjacent to an activating group) is 1. The highest BCUT2D eigenvalue weighted by molar-refractivity contribution is 6.17. The van der Waals surface area contributed by atoms with Crippen LogP contribution in [-0.4, -0.2) is 55.8 Å². The molecule has 2 fully saturated rings. The van der Waals surface area contributed by atoms with Crippen molar-refractivity contribution in [1.29, 1.82) is 0 Å². The maximum atomic E-state index is 6.38. The molecule has 3 nitrogen and oxygen atoms in total. The molecule has 0 aromatic rings. The Hall–Kier alpha value is 0.170. The average molecular weight is 290 g/mol. The molecule has 2 rings (SSSR count). The van der Waals surface area contributed by atoms with Gasteiger partial charge in [-0.15, -0.1) is 11.6 Å².